The molecule has 0 saturated heterocycles. The molecular formula is C25H21ClNO6S+. The monoisotopic (exact) mass is 498 g/mol. The fourth-order valence-electron chi connectivity index (χ4n) is 3.81. The molecule has 0 amide bonds. The van der Waals surface area contributed by atoms with Gasteiger partial charge in [0.15, 0.2) is 11.5 Å². The molecule has 34 heavy (non-hydrogen) atoms. The largest absolute Gasteiger partial charge is 0.493 e. The number of aromatic nitrogens is 1. The SMILES string of the molecule is COc1ccc(S(=O)(=O)Cl)c(OC)c1OC(=O)c1cc(-c2ccccc2)[n+](C)c2ccccc12. The summed E-state index contributed by atoms with van der Waals surface area (Å²) in [5.41, 5.74) is 2.81. The van der Waals surface area contributed by atoms with E-state index < -0.39 is 15.0 Å². The molecule has 0 fully saturated rings. The molecule has 1 heterocycles. The lowest BCUT2D eigenvalue weighted by Crippen LogP contribution is -2.33. The van der Waals surface area contributed by atoms with Gasteiger partial charge in [-0.25, -0.2) is 13.2 Å². The Hall–Kier alpha value is -3.62. The second-order valence-electron chi connectivity index (χ2n) is 7.34. The maximum Gasteiger partial charge on any atom is 0.344 e. The Morgan fingerprint density at radius 3 is 2.21 bits per heavy atom. The molecule has 7 nitrogen and oxygen atoms in total. The Morgan fingerprint density at radius 2 is 1.56 bits per heavy atom. The standard InChI is InChI=1S/C25H21ClNO6S/c1-27-19-12-8-7-11-17(19)18(15-20(27)16-9-5-4-6-10-16)25(28)33-23-21(31-2)13-14-22(24(23)32-3)34(26,29)30/h4-15H,1-3H3/q+1. The van der Waals surface area contributed by atoms with E-state index >= 15 is 0 Å². The summed E-state index contributed by atoms with van der Waals surface area (Å²) >= 11 is 0. The zero-order chi connectivity index (χ0) is 24.5. The number of pyridine rings is 1. The van der Waals surface area contributed by atoms with Crippen molar-refractivity contribution >= 4 is 36.6 Å². The van der Waals surface area contributed by atoms with E-state index in [2.05, 4.69) is 0 Å². The highest BCUT2D eigenvalue weighted by Gasteiger charge is 2.28. The van der Waals surface area contributed by atoms with E-state index in [-0.39, 0.29) is 27.7 Å². The number of hydrogen-bond acceptors (Lipinski definition) is 6. The van der Waals surface area contributed by atoms with Crippen LogP contribution in [0.2, 0.25) is 0 Å². The number of halogens is 1. The molecule has 0 radical (unpaired) electrons. The summed E-state index contributed by atoms with van der Waals surface area (Å²) in [6, 6.07) is 21.4. The molecule has 0 unspecified atom stereocenters. The first-order valence-corrected chi connectivity index (χ1v) is 12.5. The average Bonchev–Trinajstić information content (AvgIpc) is 2.84. The lowest BCUT2D eigenvalue weighted by molar-refractivity contribution is -0.633. The lowest BCUT2D eigenvalue weighted by Gasteiger charge is -2.16. The number of para-hydroxylation sites is 1. The molecule has 0 aliphatic heterocycles. The first kappa shape index (κ1) is 23.5. The molecule has 0 bridgehead atoms. The molecule has 4 aromatic rings. The summed E-state index contributed by atoms with van der Waals surface area (Å²) in [6.07, 6.45) is 0. The fourth-order valence-corrected chi connectivity index (χ4v) is 4.80. The second kappa shape index (κ2) is 9.32. The molecule has 0 aliphatic carbocycles. The van der Waals surface area contributed by atoms with Crippen molar-refractivity contribution in [3.63, 3.8) is 0 Å². The van der Waals surface area contributed by atoms with Crippen molar-refractivity contribution < 1.29 is 32.0 Å². The molecule has 4 rings (SSSR count). The maximum atomic E-state index is 13.5. The van der Waals surface area contributed by atoms with Crippen LogP contribution in [0.5, 0.6) is 17.2 Å². The number of nitrogens with zero attached hydrogens (tertiary/aromatic N) is 1. The molecule has 0 aliphatic rings. The third kappa shape index (κ3) is 4.30. The Morgan fingerprint density at radius 1 is 0.882 bits per heavy atom. The van der Waals surface area contributed by atoms with Crippen molar-refractivity contribution in [1.82, 2.24) is 0 Å². The van der Waals surface area contributed by atoms with Crippen molar-refractivity contribution in [3.8, 4) is 28.5 Å². The van der Waals surface area contributed by atoms with Gasteiger partial charge in [-0.05, 0) is 30.3 Å². The van der Waals surface area contributed by atoms with Crippen LogP contribution in [0, 0.1) is 0 Å². The van der Waals surface area contributed by atoms with Crippen LogP contribution in [0.4, 0.5) is 0 Å². The van der Waals surface area contributed by atoms with Gasteiger partial charge in [-0.2, -0.15) is 4.57 Å². The highest BCUT2D eigenvalue weighted by Crippen LogP contribution is 2.43. The molecule has 0 atom stereocenters. The lowest BCUT2D eigenvalue weighted by atomic mass is 10.0. The summed E-state index contributed by atoms with van der Waals surface area (Å²) in [6.45, 7) is 0. The summed E-state index contributed by atoms with van der Waals surface area (Å²) in [4.78, 5) is 13.2. The van der Waals surface area contributed by atoms with Gasteiger partial charge >= 0.3 is 5.97 Å². The van der Waals surface area contributed by atoms with Gasteiger partial charge < -0.3 is 14.2 Å². The van der Waals surface area contributed by atoms with Gasteiger partial charge in [-0.1, -0.05) is 30.3 Å². The van der Waals surface area contributed by atoms with Gasteiger partial charge in [0.1, 0.15) is 11.9 Å². The normalized spacial score (nSPS) is 11.3. The molecule has 0 N–H and O–H groups in total. The molecule has 3 aromatic carbocycles. The first-order valence-electron chi connectivity index (χ1n) is 10.1. The predicted octanol–water partition coefficient (Wildman–Crippen LogP) is 4.50. The summed E-state index contributed by atoms with van der Waals surface area (Å²) in [5.74, 6) is -1.01. The highest BCUT2D eigenvalue weighted by atomic mass is 35.7. The van der Waals surface area contributed by atoms with E-state index in [1.54, 1.807) is 6.07 Å². The first-order chi connectivity index (χ1) is 16.3. The van der Waals surface area contributed by atoms with E-state index in [1.807, 2.05) is 66.2 Å². The van der Waals surface area contributed by atoms with Crippen molar-refractivity contribution in [3.05, 3.63) is 78.4 Å². The van der Waals surface area contributed by atoms with E-state index in [4.69, 9.17) is 24.9 Å². The zero-order valence-electron chi connectivity index (χ0n) is 18.6. The van der Waals surface area contributed by atoms with Crippen molar-refractivity contribution in [2.24, 2.45) is 7.05 Å². The topological polar surface area (TPSA) is 82.8 Å². The number of hydrogen-bond donors (Lipinski definition) is 0. The summed E-state index contributed by atoms with van der Waals surface area (Å²) in [5, 5.41) is 0.661. The number of fused-ring (bicyclic) bond motifs is 1. The highest BCUT2D eigenvalue weighted by molar-refractivity contribution is 8.13. The van der Waals surface area contributed by atoms with Crippen molar-refractivity contribution in [2.75, 3.05) is 14.2 Å². The van der Waals surface area contributed by atoms with Crippen LogP contribution < -0.4 is 18.8 Å². The fraction of sp³-hybridized carbons (Fsp3) is 0.120. The summed E-state index contributed by atoms with van der Waals surface area (Å²) in [7, 11) is 5.91. The van der Waals surface area contributed by atoms with Crippen LogP contribution in [0.3, 0.4) is 0 Å². The van der Waals surface area contributed by atoms with Gasteiger partial charge in [0.2, 0.25) is 17.0 Å². The number of benzene rings is 3. The molecule has 1 aromatic heterocycles. The smallest absolute Gasteiger partial charge is 0.344 e. The molecule has 0 spiro atoms. The number of rotatable bonds is 6. The van der Waals surface area contributed by atoms with Crippen LogP contribution >= 0.6 is 10.7 Å². The number of esters is 1. The molecule has 174 valence electrons. The van der Waals surface area contributed by atoms with Gasteiger partial charge in [-0.15, -0.1) is 0 Å². The number of carbonyl (C=O) groups excluding carboxylic acids is 1. The van der Waals surface area contributed by atoms with Crippen LogP contribution in [-0.4, -0.2) is 28.6 Å². The van der Waals surface area contributed by atoms with Gasteiger partial charge in [0.05, 0.1) is 25.2 Å². The minimum atomic E-state index is -4.18. The Labute approximate surface area is 201 Å². The van der Waals surface area contributed by atoms with E-state index in [1.165, 1.54) is 26.4 Å². The minimum Gasteiger partial charge on any atom is -0.493 e. The number of methoxy groups -OCH3 is 2. The number of aryl methyl sites for hydroxylation is 1. The number of carbonyl (C=O) groups is 1. The average molecular weight is 499 g/mol. The second-order valence-corrected chi connectivity index (χ2v) is 9.88. The van der Waals surface area contributed by atoms with Crippen LogP contribution in [0.1, 0.15) is 10.4 Å². The molecule has 9 heteroatoms. The Bertz CT molecular complexity index is 1500. The van der Waals surface area contributed by atoms with E-state index in [0.29, 0.717) is 5.39 Å². The van der Waals surface area contributed by atoms with Crippen LogP contribution in [0.25, 0.3) is 22.2 Å². The number of ether oxygens (including phenoxy) is 3. The van der Waals surface area contributed by atoms with Crippen LogP contribution in [-0.2, 0) is 16.1 Å². The Kier molecular flexibility index (Phi) is 6.45. The molecular weight excluding hydrogens is 478 g/mol. The van der Waals surface area contributed by atoms with Gasteiger partial charge in [0.25, 0.3) is 9.05 Å². The summed E-state index contributed by atoms with van der Waals surface area (Å²) < 4.78 is 42.3. The molecule has 0 saturated carbocycles. The quantitative estimate of drug-likeness (QED) is 0.168. The van der Waals surface area contributed by atoms with E-state index in [9.17, 15) is 13.2 Å². The Balaban J connectivity index is 1.91. The van der Waals surface area contributed by atoms with Crippen molar-refractivity contribution in [2.45, 2.75) is 4.90 Å². The van der Waals surface area contributed by atoms with Crippen LogP contribution in [0.15, 0.2) is 77.7 Å². The zero-order valence-corrected chi connectivity index (χ0v) is 20.2. The minimum absolute atomic E-state index is 0.114. The van der Waals surface area contributed by atoms with E-state index in [0.717, 1.165) is 16.8 Å². The van der Waals surface area contributed by atoms with Gasteiger partial charge in [0, 0.05) is 28.4 Å². The predicted molar refractivity (Wildman–Crippen MR) is 128 cm³/mol. The maximum absolute atomic E-state index is 13.5. The van der Waals surface area contributed by atoms with Crippen molar-refractivity contribution in [1.29, 1.82) is 0 Å². The third-order valence-electron chi connectivity index (χ3n) is 5.41. The third-order valence-corrected chi connectivity index (χ3v) is 6.75. The van der Waals surface area contributed by atoms with Gasteiger partial charge in [-0.3, -0.25) is 0 Å².